The van der Waals surface area contributed by atoms with Crippen molar-refractivity contribution in [3.05, 3.63) is 6.07 Å². The summed E-state index contributed by atoms with van der Waals surface area (Å²) in [6.07, 6.45) is 2.38. The van der Waals surface area contributed by atoms with Gasteiger partial charge < -0.3 is 21.1 Å². The lowest BCUT2D eigenvalue weighted by Crippen LogP contribution is -2.30. The number of nitrogens with zero attached hydrogens (tertiary/aromatic N) is 3. The van der Waals surface area contributed by atoms with Crippen molar-refractivity contribution in [3.8, 4) is 0 Å². The van der Waals surface area contributed by atoms with Crippen LogP contribution >= 0.6 is 0 Å². The van der Waals surface area contributed by atoms with Gasteiger partial charge in [0.15, 0.2) is 0 Å². The van der Waals surface area contributed by atoms with E-state index in [0.29, 0.717) is 18.5 Å². The Balaban J connectivity index is 2.16. The van der Waals surface area contributed by atoms with E-state index in [1.54, 1.807) is 13.2 Å². The molecule has 1 aliphatic carbocycles. The summed E-state index contributed by atoms with van der Waals surface area (Å²) < 4.78 is 5.08. The zero-order chi connectivity index (χ0) is 11.5. The molecule has 6 nitrogen and oxygen atoms in total. The molecule has 0 unspecified atom stereocenters. The fraction of sp³-hybridized carbons (Fsp3) is 0.600. The summed E-state index contributed by atoms with van der Waals surface area (Å²) >= 11 is 0. The first-order chi connectivity index (χ1) is 7.70. The Hall–Kier alpha value is -1.56. The Morgan fingerprint density at radius 2 is 2.19 bits per heavy atom. The van der Waals surface area contributed by atoms with E-state index in [1.165, 1.54) is 12.8 Å². The topological polar surface area (TPSA) is 90.3 Å². The molecule has 0 radical (unpaired) electrons. The first-order valence-corrected chi connectivity index (χ1v) is 5.36. The predicted molar refractivity (Wildman–Crippen MR) is 63.1 cm³/mol. The fourth-order valence-electron chi connectivity index (χ4n) is 1.68. The number of nitrogen functional groups attached to an aromatic ring is 2. The van der Waals surface area contributed by atoms with Crippen molar-refractivity contribution in [1.82, 2.24) is 9.97 Å². The van der Waals surface area contributed by atoms with Gasteiger partial charge in [-0.2, -0.15) is 9.97 Å². The molecule has 0 aromatic carbocycles. The zero-order valence-corrected chi connectivity index (χ0v) is 9.39. The summed E-state index contributed by atoms with van der Waals surface area (Å²) in [5.74, 6) is 1.42. The number of methoxy groups -OCH3 is 1. The van der Waals surface area contributed by atoms with E-state index >= 15 is 0 Å². The summed E-state index contributed by atoms with van der Waals surface area (Å²) in [5, 5.41) is 0. The molecule has 0 amide bonds. The van der Waals surface area contributed by atoms with Crippen LogP contribution in [0.4, 0.5) is 17.6 Å². The van der Waals surface area contributed by atoms with E-state index < -0.39 is 0 Å². The maximum Gasteiger partial charge on any atom is 0.223 e. The van der Waals surface area contributed by atoms with Crippen molar-refractivity contribution in [2.75, 3.05) is 36.6 Å². The van der Waals surface area contributed by atoms with Crippen LogP contribution in [0.2, 0.25) is 0 Å². The zero-order valence-electron chi connectivity index (χ0n) is 9.39. The second kappa shape index (κ2) is 4.52. The van der Waals surface area contributed by atoms with E-state index in [-0.39, 0.29) is 5.95 Å². The van der Waals surface area contributed by atoms with Gasteiger partial charge in [0.25, 0.3) is 0 Å². The highest BCUT2D eigenvalue weighted by Gasteiger charge is 2.30. The minimum atomic E-state index is 0.220. The molecule has 16 heavy (non-hydrogen) atoms. The lowest BCUT2D eigenvalue weighted by Gasteiger charge is -2.23. The first-order valence-electron chi connectivity index (χ1n) is 5.36. The van der Waals surface area contributed by atoms with Crippen LogP contribution in [0.3, 0.4) is 0 Å². The van der Waals surface area contributed by atoms with Gasteiger partial charge in [-0.1, -0.05) is 0 Å². The van der Waals surface area contributed by atoms with Crippen molar-refractivity contribution in [1.29, 1.82) is 0 Å². The number of ether oxygens (including phenoxy) is 1. The molecule has 88 valence electrons. The summed E-state index contributed by atoms with van der Waals surface area (Å²) in [4.78, 5) is 10.2. The smallest absolute Gasteiger partial charge is 0.223 e. The van der Waals surface area contributed by atoms with Gasteiger partial charge in [-0.3, -0.25) is 0 Å². The van der Waals surface area contributed by atoms with Crippen LogP contribution in [-0.4, -0.2) is 36.3 Å². The third-order valence-corrected chi connectivity index (χ3v) is 2.57. The molecule has 6 heteroatoms. The lowest BCUT2D eigenvalue weighted by atomic mass is 10.4. The van der Waals surface area contributed by atoms with Crippen LogP contribution in [0.5, 0.6) is 0 Å². The molecule has 1 aromatic heterocycles. The molecule has 0 atom stereocenters. The first kappa shape index (κ1) is 10.9. The summed E-state index contributed by atoms with van der Waals surface area (Å²) in [5.41, 5.74) is 11.2. The summed E-state index contributed by atoms with van der Waals surface area (Å²) in [7, 11) is 1.69. The van der Waals surface area contributed by atoms with Gasteiger partial charge in [0.05, 0.1) is 6.61 Å². The van der Waals surface area contributed by atoms with E-state index in [4.69, 9.17) is 16.2 Å². The van der Waals surface area contributed by atoms with Crippen molar-refractivity contribution >= 4 is 17.6 Å². The van der Waals surface area contributed by atoms with Gasteiger partial charge in [-0.25, -0.2) is 0 Å². The van der Waals surface area contributed by atoms with E-state index in [0.717, 1.165) is 12.4 Å². The minimum absolute atomic E-state index is 0.220. The molecule has 2 rings (SSSR count). The van der Waals surface area contributed by atoms with Crippen molar-refractivity contribution in [2.24, 2.45) is 0 Å². The van der Waals surface area contributed by atoms with E-state index in [1.807, 2.05) is 0 Å². The number of anilines is 3. The van der Waals surface area contributed by atoms with Crippen LogP contribution in [0.25, 0.3) is 0 Å². The molecular formula is C10H17N5O. The Kier molecular flexibility index (Phi) is 3.09. The van der Waals surface area contributed by atoms with Crippen molar-refractivity contribution < 1.29 is 4.74 Å². The lowest BCUT2D eigenvalue weighted by molar-refractivity contribution is 0.204. The van der Waals surface area contributed by atoms with E-state index in [2.05, 4.69) is 14.9 Å². The average molecular weight is 223 g/mol. The second-order valence-electron chi connectivity index (χ2n) is 3.93. The quantitative estimate of drug-likeness (QED) is 0.744. The van der Waals surface area contributed by atoms with Gasteiger partial charge in [0.2, 0.25) is 5.95 Å². The molecule has 1 aromatic rings. The van der Waals surface area contributed by atoms with Crippen molar-refractivity contribution in [2.45, 2.75) is 18.9 Å². The Labute approximate surface area is 94.6 Å². The number of hydrogen-bond donors (Lipinski definition) is 2. The third kappa shape index (κ3) is 2.52. The fourth-order valence-corrected chi connectivity index (χ4v) is 1.68. The maximum absolute atomic E-state index is 5.66. The Morgan fingerprint density at radius 3 is 2.75 bits per heavy atom. The van der Waals surface area contributed by atoms with Gasteiger partial charge in [0, 0.05) is 25.8 Å². The molecule has 1 aliphatic rings. The highest BCUT2D eigenvalue weighted by atomic mass is 16.5. The SMILES string of the molecule is COCCN(c1cc(N)nc(N)n1)C1CC1. The van der Waals surface area contributed by atoms with Crippen LogP contribution in [0, 0.1) is 0 Å². The second-order valence-corrected chi connectivity index (χ2v) is 3.93. The summed E-state index contributed by atoms with van der Waals surface area (Å²) in [6, 6.07) is 2.30. The number of nitrogens with two attached hydrogens (primary N) is 2. The molecule has 0 aliphatic heterocycles. The highest BCUT2D eigenvalue weighted by Crippen LogP contribution is 2.31. The van der Waals surface area contributed by atoms with Crippen LogP contribution < -0.4 is 16.4 Å². The van der Waals surface area contributed by atoms with E-state index in [9.17, 15) is 0 Å². The number of hydrogen-bond acceptors (Lipinski definition) is 6. The molecule has 1 saturated carbocycles. The summed E-state index contributed by atoms with van der Waals surface area (Å²) in [6.45, 7) is 1.47. The van der Waals surface area contributed by atoms with Crippen LogP contribution in [0.1, 0.15) is 12.8 Å². The molecule has 0 bridgehead atoms. The standard InChI is InChI=1S/C10H17N5O/c1-16-5-4-15(7-2-3-7)9-6-8(11)13-10(12)14-9/h6-7H,2-5H2,1H3,(H4,11,12,13,14). The van der Waals surface area contributed by atoms with Gasteiger partial charge >= 0.3 is 0 Å². The number of aromatic nitrogens is 2. The molecular weight excluding hydrogens is 206 g/mol. The molecule has 1 heterocycles. The third-order valence-electron chi connectivity index (χ3n) is 2.57. The van der Waals surface area contributed by atoms with Crippen LogP contribution in [0.15, 0.2) is 6.07 Å². The largest absolute Gasteiger partial charge is 0.383 e. The molecule has 4 N–H and O–H groups in total. The van der Waals surface area contributed by atoms with Gasteiger partial charge in [0.1, 0.15) is 11.6 Å². The molecule has 0 saturated heterocycles. The van der Waals surface area contributed by atoms with Crippen LogP contribution in [-0.2, 0) is 4.74 Å². The Morgan fingerprint density at radius 1 is 1.44 bits per heavy atom. The average Bonchev–Trinajstić information content (AvgIpc) is 3.01. The Bertz CT molecular complexity index is 346. The number of rotatable bonds is 5. The highest BCUT2D eigenvalue weighted by molar-refractivity contribution is 5.51. The normalized spacial score (nSPS) is 15.1. The van der Waals surface area contributed by atoms with Crippen molar-refractivity contribution in [3.63, 3.8) is 0 Å². The minimum Gasteiger partial charge on any atom is -0.383 e. The predicted octanol–water partition coefficient (Wildman–Crippen LogP) is 0.256. The van der Waals surface area contributed by atoms with Gasteiger partial charge in [-0.15, -0.1) is 0 Å². The monoisotopic (exact) mass is 223 g/mol. The maximum atomic E-state index is 5.66. The van der Waals surface area contributed by atoms with Gasteiger partial charge in [-0.05, 0) is 12.8 Å². The molecule has 1 fully saturated rings. The molecule has 0 spiro atoms.